The van der Waals surface area contributed by atoms with Crippen molar-refractivity contribution in [1.82, 2.24) is 0 Å². The van der Waals surface area contributed by atoms with Crippen molar-refractivity contribution in [3.8, 4) is 11.1 Å². The van der Waals surface area contributed by atoms with Gasteiger partial charge in [-0.1, -0.05) is 132 Å². The standard InChI is InChI=1S/C50H64/c1-31-14-17-42-43-18-15-32(2)25-46(43)47-30-37(16-19-40-33(3)26-38(27-34(40)4)48(7,8)9)50(13,23-21-44(47)45(42)24-31)22-20-41-35(5)28-39(29-36(41)6)49(10,11)12/h14-15,17-18,24-30,44,47H,16,19-23H2,1-13H3/t44?,47-,50?/m1/s1. The number of allylic oxidation sites excluding steroid dienone is 2. The van der Waals surface area contributed by atoms with Crippen LogP contribution in [0.4, 0.5) is 0 Å². The molecule has 0 saturated heterocycles. The van der Waals surface area contributed by atoms with E-state index in [4.69, 9.17) is 0 Å². The lowest BCUT2D eigenvalue weighted by Crippen LogP contribution is -2.22. The first-order chi connectivity index (χ1) is 23.4. The molecule has 4 aromatic rings. The molecule has 0 nitrogen and oxygen atoms in total. The molecule has 0 N–H and O–H groups in total. The summed E-state index contributed by atoms with van der Waals surface area (Å²) in [5.41, 5.74) is 22.8. The van der Waals surface area contributed by atoms with Crippen molar-refractivity contribution < 1.29 is 0 Å². The summed E-state index contributed by atoms with van der Waals surface area (Å²) < 4.78 is 0. The van der Waals surface area contributed by atoms with Gasteiger partial charge in [-0.3, -0.25) is 0 Å². The number of aryl methyl sites for hydroxylation is 6. The maximum Gasteiger partial charge on any atom is 0.00960 e. The van der Waals surface area contributed by atoms with Crippen LogP contribution in [0, 0.1) is 47.0 Å². The largest absolute Gasteiger partial charge is 0.0766 e. The van der Waals surface area contributed by atoms with Crippen molar-refractivity contribution in [2.45, 2.75) is 151 Å². The summed E-state index contributed by atoms with van der Waals surface area (Å²) in [4.78, 5) is 0. The molecule has 3 atom stereocenters. The summed E-state index contributed by atoms with van der Waals surface area (Å²) in [5, 5.41) is 0. The summed E-state index contributed by atoms with van der Waals surface area (Å²) in [6.07, 6.45) is 9.82. The molecule has 2 unspecified atom stereocenters. The van der Waals surface area contributed by atoms with E-state index in [0.29, 0.717) is 11.8 Å². The summed E-state index contributed by atoms with van der Waals surface area (Å²) in [6, 6.07) is 24.3. The molecular weight excluding hydrogens is 601 g/mol. The van der Waals surface area contributed by atoms with Gasteiger partial charge in [0.2, 0.25) is 0 Å². The third-order valence-corrected chi connectivity index (χ3v) is 12.8. The number of fused-ring (bicyclic) bond motifs is 6. The Morgan fingerprint density at radius 2 is 1.04 bits per heavy atom. The Labute approximate surface area is 305 Å². The molecule has 50 heavy (non-hydrogen) atoms. The minimum Gasteiger partial charge on any atom is -0.0766 e. The Kier molecular flexibility index (Phi) is 9.69. The third kappa shape index (κ3) is 7.07. The maximum atomic E-state index is 2.80. The molecule has 0 amide bonds. The first-order valence-electron chi connectivity index (χ1n) is 19.5. The average Bonchev–Trinajstić information content (AvgIpc) is 3.16. The fraction of sp³-hybridized carbons (Fsp3) is 0.480. The third-order valence-electron chi connectivity index (χ3n) is 12.8. The van der Waals surface area contributed by atoms with E-state index in [9.17, 15) is 0 Å². The molecule has 0 aliphatic heterocycles. The molecule has 6 rings (SSSR count). The van der Waals surface area contributed by atoms with Crippen molar-refractivity contribution in [1.29, 1.82) is 0 Å². The molecule has 2 aliphatic rings. The highest BCUT2D eigenvalue weighted by Crippen LogP contribution is 2.56. The Balaban J connectivity index is 1.43. The number of benzene rings is 4. The molecule has 0 saturated carbocycles. The van der Waals surface area contributed by atoms with Crippen LogP contribution >= 0.6 is 0 Å². The summed E-state index contributed by atoms with van der Waals surface area (Å²) in [7, 11) is 0. The molecule has 0 heteroatoms. The van der Waals surface area contributed by atoms with Crippen LogP contribution in [0.15, 0.2) is 72.3 Å². The summed E-state index contributed by atoms with van der Waals surface area (Å²) in [5.74, 6) is 0.927. The summed E-state index contributed by atoms with van der Waals surface area (Å²) >= 11 is 0. The molecule has 264 valence electrons. The van der Waals surface area contributed by atoms with Crippen molar-refractivity contribution in [2.75, 3.05) is 0 Å². The zero-order valence-corrected chi connectivity index (χ0v) is 33.7. The van der Waals surface area contributed by atoms with Crippen LogP contribution in [0.5, 0.6) is 0 Å². The van der Waals surface area contributed by atoms with Crippen LogP contribution in [0.3, 0.4) is 0 Å². The van der Waals surface area contributed by atoms with Gasteiger partial charge in [-0.15, -0.1) is 0 Å². The van der Waals surface area contributed by atoms with E-state index in [1.54, 1.807) is 27.8 Å². The Hall–Kier alpha value is -3.38. The predicted octanol–water partition coefficient (Wildman–Crippen LogP) is 14.0. The van der Waals surface area contributed by atoms with Gasteiger partial charge < -0.3 is 0 Å². The maximum absolute atomic E-state index is 2.80. The molecule has 0 aromatic heterocycles. The second kappa shape index (κ2) is 13.3. The SMILES string of the molecule is Cc1ccc2c(c1)C1CCC(C)(CCc3c(C)cc(C(C)(C)C)cc3C)C(CCc3c(C)cc(C(C)(C)C)cc3C)=C[C@H]1c1cc(C)ccc1-2. The highest BCUT2D eigenvalue weighted by atomic mass is 14.4. The van der Waals surface area contributed by atoms with Crippen LogP contribution in [-0.2, 0) is 23.7 Å². The Morgan fingerprint density at radius 1 is 0.580 bits per heavy atom. The lowest BCUT2D eigenvalue weighted by atomic mass is 9.69. The van der Waals surface area contributed by atoms with Crippen molar-refractivity contribution in [3.05, 3.63) is 139 Å². The second-order valence-corrected chi connectivity index (χ2v) is 18.8. The quantitative estimate of drug-likeness (QED) is 0.180. The number of hydrogen-bond donors (Lipinski definition) is 0. The van der Waals surface area contributed by atoms with Crippen LogP contribution < -0.4 is 0 Å². The van der Waals surface area contributed by atoms with Crippen molar-refractivity contribution >= 4 is 0 Å². The van der Waals surface area contributed by atoms with Crippen LogP contribution in [0.2, 0.25) is 0 Å². The Morgan fingerprint density at radius 3 is 1.54 bits per heavy atom. The van der Waals surface area contributed by atoms with E-state index in [0.717, 1.165) is 19.3 Å². The lowest BCUT2D eigenvalue weighted by molar-refractivity contribution is 0.313. The molecule has 0 fully saturated rings. The molecule has 4 aromatic carbocycles. The first kappa shape index (κ1) is 36.4. The molecule has 0 bridgehead atoms. The highest BCUT2D eigenvalue weighted by molar-refractivity contribution is 5.76. The van der Waals surface area contributed by atoms with Crippen molar-refractivity contribution in [2.24, 2.45) is 5.41 Å². The number of rotatable bonds is 6. The minimum absolute atomic E-state index is 0.139. The lowest BCUT2D eigenvalue weighted by Gasteiger charge is -2.34. The van der Waals surface area contributed by atoms with Crippen molar-refractivity contribution in [3.63, 3.8) is 0 Å². The van der Waals surface area contributed by atoms with Gasteiger partial charge >= 0.3 is 0 Å². The molecule has 0 spiro atoms. The average molecular weight is 665 g/mol. The first-order valence-corrected chi connectivity index (χ1v) is 19.5. The van der Waals surface area contributed by atoms with Gasteiger partial charge in [-0.25, -0.2) is 0 Å². The van der Waals surface area contributed by atoms with Gasteiger partial charge in [0.15, 0.2) is 0 Å². The fourth-order valence-corrected chi connectivity index (χ4v) is 9.41. The van der Waals surface area contributed by atoms with E-state index in [2.05, 4.69) is 157 Å². The molecule has 0 radical (unpaired) electrons. The molecule has 0 heterocycles. The summed E-state index contributed by atoms with van der Waals surface area (Å²) in [6.45, 7) is 30.6. The van der Waals surface area contributed by atoms with E-state index >= 15 is 0 Å². The van der Waals surface area contributed by atoms with Crippen LogP contribution in [0.25, 0.3) is 11.1 Å². The fourth-order valence-electron chi connectivity index (χ4n) is 9.41. The smallest absolute Gasteiger partial charge is 0.00960 e. The minimum atomic E-state index is 0.139. The number of hydrogen-bond acceptors (Lipinski definition) is 0. The van der Waals surface area contributed by atoms with Gasteiger partial charge in [0.1, 0.15) is 0 Å². The van der Waals surface area contributed by atoms with E-state index in [1.165, 1.54) is 74.9 Å². The zero-order chi connectivity index (χ0) is 36.3. The van der Waals surface area contributed by atoms with E-state index in [-0.39, 0.29) is 16.2 Å². The monoisotopic (exact) mass is 665 g/mol. The zero-order valence-electron chi connectivity index (χ0n) is 33.7. The topological polar surface area (TPSA) is 0 Å². The molecular formula is C50H64. The molecule has 2 aliphatic carbocycles. The van der Waals surface area contributed by atoms with Crippen LogP contribution in [-0.4, -0.2) is 0 Å². The highest BCUT2D eigenvalue weighted by Gasteiger charge is 2.40. The second-order valence-electron chi connectivity index (χ2n) is 18.8. The normalized spacial score (nSPS) is 20.5. The van der Waals surface area contributed by atoms with Crippen LogP contribution in [0.1, 0.15) is 153 Å². The predicted molar refractivity (Wildman–Crippen MR) is 218 cm³/mol. The van der Waals surface area contributed by atoms with E-state index in [1.807, 2.05) is 0 Å². The van der Waals surface area contributed by atoms with Gasteiger partial charge in [-0.05, 0) is 169 Å². The van der Waals surface area contributed by atoms with Gasteiger partial charge in [0, 0.05) is 5.92 Å². The van der Waals surface area contributed by atoms with E-state index < -0.39 is 0 Å². The van der Waals surface area contributed by atoms with Gasteiger partial charge in [0.25, 0.3) is 0 Å². The van der Waals surface area contributed by atoms with Gasteiger partial charge in [0.05, 0.1) is 0 Å². The Bertz CT molecular complexity index is 1900. The van der Waals surface area contributed by atoms with Gasteiger partial charge in [-0.2, -0.15) is 0 Å².